The van der Waals surface area contributed by atoms with Crippen molar-refractivity contribution in [1.82, 2.24) is 10.2 Å². The maximum absolute atomic E-state index is 12.2. The number of ether oxygens (including phenoxy) is 2. The molecule has 0 radical (unpaired) electrons. The normalized spacial score (nSPS) is 21.0. The monoisotopic (exact) mass is 358 g/mol. The molecule has 2 unspecified atom stereocenters. The van der Waals surface area contributed by atoms with E-state index in [0.717, 1.165) is 0 Å². The Morgan fingerprint density at radius 2 is 1.52 bits per heavy atom. The van der Waals surface area contributed by atoms with E-state index in [1.165, 1.54) is 4.90 Å². The first-order chi connectivity index (χ1) is 11.3. The lowest BCUT2D eigenvalue weighted by molar-refractivity contribution is -0.138. The molecule has 25 heavy (non-hydrogen) atoms. The second kappa shape index (κ2) is 7.93. The lowest BCUT2D eigenvalue weighted by atomic mass is 9.93. The summed E-state index contributed by atoms with van der Waals surface area (Å²) in [5, 5.41) is 11.7. The highest BCUT2D eigenvalue weighted by Crippen LogP contribution is 2.27. The Morgan fingerprint density at radius 3 is 2.00 bits per heavy atom. The summed E-state index contributed by atoms with van der Waals surface area (Å²) in [5.41, 5.74) is -1.23. The standard InChI is InChI=1S/C17H30N2O6/c1-16(2,3)24-14(22)18-8-12-10-19(9-11(12)7-13(20)21)15(23)25-17(4,5)6/h11-12H,7-10H2,1-6H3,(H,18,22)(H,20,21). The van der Waals surface area contributed by atoms with Crippen molar-refractivity contribution in [3.05, 3.63) is 0 Å². The fraction of sp³-hybridized carbons (Fsp3) is 0.824. The first kappa shape index (κ1) is 21.1. The van der Waals surface area contributed by atoms with Crippen LogP contribution < -0.4 is 5.32 Å². The molecule has 0 aliphatic carbocycles. The minimum atomic E-state index is -0.932. The first-order valence-corrected chi connectivity index (χ1v) is 8.43. The number of likely N-dealkylation sites (tertiary alicyclic amines) is 1. The number of carboxylic acid groups (broad SMARTS) is 1. The molecule has 1 aliphatic rings. The van der Waals surface area contributed by atoms with Gasteiger partial charge in [-0.05, 0) is 53.4 Å². The van der Waals surface area contributed by atoms with Gasteiger partial charge in [0.25, 0.3) is 0 Å². The van der Waals surface area contributed by atoms with Crippen molar-refractivity contribution in [3.63, 3.8) is 0 Å². The summed E-state index contributed by atoms with van der Waals surface area (Å²) in [6.07, 6.45) is -1.10. The van der Waals surface area contributed by atoms with E-state index in [0.29, 0.717) is 13.1 Å². The molecule has 2 atom stereocenters. The van der Waals surface area contributed by atoms with Crippen molar-refractivity contribution < 1.29 is 29.0 Å². The topological polar surface area (TPSA) is 105 Å². The van der Waals surface area contributed by atoms with Crippen LogP contribution in [0.1, 0.15) is 48.0 Å². The van der Waals surface area contributed by atoms with Crippen molar-refractivity contribution in [3.8, 4) is 0 Å². The lowest BCUT2D eigenvalue weighted by Crippen LogP contribution is -2.38. The van der Waals surface area contributed by atoms with Gasteiger partial charge >= 0.3 is 18.2 Å². The van der Waals surface area contributed by atoms with Gasteiger partial charge in [0.15, 0.2) is 0 Å². The Labute approximate surface area is 148 Å². The Morgan fingerprint density at radius 1 is 1.00 bits per heavy atom. The smallest absolute Gasteiger partial charge is 0.410 e. The molecular formula is C17H30N2O6. The minimum absolute atomic E-state index is 0.0695. The Bertz CT molecular complexity index is 506. The molecule has 0 aromatic rings. The molecule has 1 aliphatic heterocycles. The van der Waals surface area contributed by atoms with E-state index in [9.17, 15) is 14.4 Å². The minimum Gasteiger partial charge on any atom is -0.481 e. The van der Waals surface area contributed by atoms with E-state index >= 15 is 0 Å². The molecule has 0 aromatic carbocycles. The molecule has 8 heteroatoms. The maximum Gasteiger partial charge on any atom is 0.410 e. The summed E-state index contributed by atoms with van der Waals surface area (Å²) < 4.78 is 10.5. The number of amides is 2. The molecular weight excluding hydrogens is 328 g/mol. The molecule has 0 saturated carbocycles. The van der Waals surface area contributed by atoms with E-state index in [4.69, 9.17) is 14.6 Å². The predicted molar refractivity (Wildman–Crippen MR) is 91.3 cm³/mol. The molecule has 2 amide bonds. The van der Waals surface area contributed by atoms with Gasteiger partial charge in [0.2, 0.25) is 0 Å². The van der Waals surface area contributed by atoms with Crippen molar-refractivity contribution in [2.45, 2.75) is 59.2 Å². The number of hydrogen-bond donors (Lipinski definition) is 2. The van der Waals surface area contributed by atoms with Crippen molar-refractivity contribution in [2.75, 3.05) is 19.6 Å². The van der Waals surface area contributed by atoms with Crippen LogP contribution in [0.15, 0.2) is 0 Å². The van der Waals surface area contributed by atoms with Crippen molar-refractivity contribution >= 4 is 18.2 Å². The molecule has 1 fully saturated rings. The third-order valence-corrected chi connectivity index (χ3v) is 3.57. The van der Waals surface area contributed by atoms with E-state index < -0.39 is 29.4 Å². The van der Waals surface area contributed by atoms with Gasteiger partial charge in [0, 0.05) is 19.6 Å². The molecule has 8 nitrogen and oxygen atoms in total. The number of carbonyl (C=O) groups excluding carboxylic acids is 2. The van der Waals surface area contributed by atoms with Crippen LogP contribution in [0.5, 0.6) is 0 Å². The molecule has 1 heterocycles. The van der Waals surface area contributed by atoms with Crippen LogP contribution in [-0.2, 0) is 14.3 Å². The van der Waals surface area contributed by atoms with Crippen LogP contribution >= 0.6 is 0 Å². The molecule has 1 saturated heterocycles. The van der Waals surface area contributed by atoms with Gasteiger partial charge in [0.1, 0.15) is 11.2 Å². The number of hydrogen-bond acceptors (Lipinski definition) is 5. The fourth-order valence-electron chi connectivity index (χ4n) is 2.63. The second-order valence-electron chi connectivity index (χ2n) is 8.39. The van der Waals surface area contributed by atoms with Crippen molar-refractivity contribution in [1.29, 1.82) is 0 Å². The highest BCUT2D eigenvalue weighted by atomic mass is 16.6. The van der Waals surface area contributed by atoms with Gasteiger partial charge in [-0.2, -0.15) is 0 Å². The van der Waals surface area contributed by atoms with Crippen LogP contribution in [0.2, 0.25) is 0 Å². The van der Waals surface area contributed by atoms with Crippen LogP contribution in [0.4, 0.5) is 9.59 Å². The summed E-state index contributed by atoms with van der Waals surface area (Å²) in [4.78, 5) is 36.6. The molecule has 1 rings (SSSR count). The summed E-state index contributed by atoms with van der Waals surface area (Å²) in [6, 6.07) is 0. The van der Waals surface area contributed by atoms with Crippen LogP contribution in [-0.4, -0.2) is 59.0 Å². The van der Waals surface area contributed by atoms with E-state index in [1.807, 2.05) is 0 Å². The van der Waals surface area contributed by atoms with Crippen LogP contribution in [0.3, 0.4) is 0 Å². The SMILES string of the molecule is CC(C)(C)OC(=O)NCC1CN(C(=O)OC(C)(C)C)CC1CC(=O)O. The number of alkyl carbamates (subject to hydrolysis) is 1. The number of carbonyl (C=O) groups is 3. The summed E-state index contributed by atoms with van der Waals surface area (Å²) in [6.45, 7) is 11.5. The third-order valence-electron chi connectivity index (χ3n) is 3.57. The summed E-state index contributed by atoms with van der Waals surface area (Å²) in [7, 11) is 0. The van der Waals surface area contributed by atoms with Gasteiger partial charge < -0.3 is 24.8 Å². The van der Waals surface area contributed by atoms with Gasteiger partial charge in [0.05, 0.1) is 6.42 Å². The van der Waals surface area contributed by atoms with Crippen LogP contribution in [0, 0.1) is 11.8 Å². The van der Waals surface area contributed by atoms with Gasteiger partial charge in [-0.25, -0.2) is 9.59 Å². The highest BCUT2D eigenvalue weighted by molar-refractivity contribution is 5.70. The van der Waals surface area contributed by atoms with Gasteiger partial charge in [-0.3, -0.25) is 4.79 Å². The quantitative estimate of drug-likeness (QED) is 0.800. The first-order valence-electron chi connectivity index (χ1n) is 8.43. The highest BCUT2D eigenvalue weighted by Gasteiger charge is 2.38. The number of aliphatic carboxylic acids is 1. The predicted octanol–water partition coefficient (Wildman–Crippen LogP) is 2.47. The Hall–Kier alpha value is -1.99. The summed E-state index contributed by atoms with van der Waals surface area (Å²) in [5.74, 6) is -1.35. The molecule has 2 N–H and O–H groups in total. The Balaban J connectivity index is 2.66. The average molecular weight is 358 g/mol. The van der Waals surface area contributed by atoms with Crippen LogP contribution in [0.25, 0.3) is 0 Å². The van der Waals surface area contributed by atoms with E-state index in [-0.39, 0.29) is 24.8 Å². The summed E-state index contributed by atoms with van der Waals surface area (Å²) >= 11 is 0. The third kappa shape index (κ3) is 8.09. The van der Waals surface area contributed by atoms with E-state index in [2.05, 4.69) is 5.32 Å². The molecule has 0 spiro atoms. The molecule has 144 valence electrons. The molecule has 0 bridgehead atoms. The Kier molecular flexibility index (Phi) is 6.68. The largest absolute Gasteiger partial charge is 0.481 e. The number of nitrogens with zero attached hydrogens (tertiary/aromatic N) is 1. The molecule has 0 aromatic heterocycles. The maximum atomic E-state index is 12.2. The fourth-order valence-corrected chi connectivity index (χ4v) is 2.63. The zero-order valence-electron chi connectivity index (χ0n) is 15.9. The zero-order chi connectivity index (χ0) is 19.4. The number of carboxylic acids is 1. The zero-order valence-corrected chi connectivity index (χ0v) is 15.9. The lowest BCUT2D eigenvalue weighted by Gasteiger charge is -2.24. The second-order valence-corrected chi connectivity index (χ2v) is 8.39. The van der Waals surface area contributed by atoms with Gasteiger partial charge in [-0.1, -0.05) is 0 Å². The number of nitrogens with one attached hydrogen (secondary N) is 1. The van der Waals surface area contributed by atoms with Gasteiger partial charge in [-0.15, -0.1) is 0 Å². The number of rotatable bonds is 4. The van der Waals surface area contributed by atoms with E-state index in [1.54, 1.807) is 41.5 Å². The average Bonchev–Trinajstić information content (AvgIpc) is 2.74. The van der Waals surface area contributed by atoms with Crippen molar-refractivity contribution in [2.24, 2.45) is 11.8 Å².